The monoisotopic (exact) mass is 585 g/mol. The normalized spacial score (nSPS) is 23.3. The lowest BCUT2D eigenvalue weighted by atomic mass is 9.88. The first-order chi connectivity index (χ1) is 20.5. The van der Waals surface area contributed by atoms with Gasteiger partial charge in [-0.15, -0.1) is 0 Å². The molecular weight excluding hydrogens is 542 g/mol. The molecule has 4 N–H and O–H groups in total. The number of nitrogens with one attached hydrogen (secondary N) is 2. The minimum atomic E-state index is -1.30. The van der Waals surface area contributed by atoms with E-state index in [1.807, 2.05) is 89.8 Å². The van der Waals surface area contributed by atoms with Crippen LogP contribution in [0.15, 0.2) is 84.9 Å². The first-order valence-electron chi connectivity index (χ1n) is 15.1. The third kappa shape index (κ3) is 7.63. The van der Waals surface area contributed by atoms with Crippen LogP contribution in [0.1, 0.15) is 55.5 Å². The number of carbonyl (C=O) groups excluding carboxylic acids is 2. The Kier molecular flexibility index (Phi) is 9.20. The third-order valence-corrected chi connectivity index (χ3v) is 8.45. The Morgan fingerprint density at radius 3 is 2.21 bits per heavy atom. The second-order valence-corrected chi connectivity index (χ2v) is 12.9. The molecule has 8 nitrogen and oxygen atoms in total. The predicted molar refractivity (Wildman–Crippen MR) is 165 cm³/mol. The van der Waals surface area contributed by atoms with E-state index in [9.17, 15) is 19.8 Å². The molecule has 5 atom stereocenters. The van der Waals surface area contributed by atoms with E-state index in [2.05, 4.69) is 10.6 Å². The molecule has 5 rings (SSSR count). The van der Waals surface area contributed by atoms with Gasteiger partial charge in [-0.1, -0.05) is 84.9 Å². The van der Waals surface area contributed by atoms with Crippen molar-refractivity contribution in [1.29, 1.82) is 0 Å². The van der Waals surface area contributed by atoms with E-state index in [-0.39, 0.29) is 12.5 Å². The highest BCUT2D eigenvalue weighted by molar-refractivity contribution is 5.83. The zero-order chi connectivity index (χ0) is 30.6. The standard InChI is InChI=1S/C35H43N3O5/c1-34(2,3)43-33(41)36-30(21-25-14-8-5-9-15-25)35(42)18-19-38(23-35)28(20-24-12-6-4-7-13-24)32(40)37-31-27-17-11-10-16-26(27)22-29(31)39/h4-17,28-31,39,42H,18-23H2,1-3H3,(H,36,41)(H,37,40). The molecule has 0 saturated carbocycles. The number of likely N-dealkylation sites (tertiary alicyclic amines) is 1. The number of nitrogens with zero attached hydrogens (tertiary/aromatic N) is 1. The fourth-order valence-electron chi connectivity index (χ4n) is 6.29. The molecule has 2 aliphatic rings. The molecule has 43 heavy (non-hydrogen) atoms. The van der Waals surface area contributed by atoms with Crippen molar-refractivity contribution in [3.63, 3.8) is 0 Å². The van der Waals surface area contributed by atoms with Gasteiger partial charge in [0.15, 0.2) is 0 Å². The van der Waals surface area contributed by atoms with Crippen LogP contribution < -0.4 is 10.6 Å². The highest BCUT2D eigenvalue weighted by atomic mass is 16.6. The van der Waals surface area contributed by atoms with E-state index in [1.54, 1.807) is 20.8 Å². The van der Waals surface area contributed by atoms with Gasteiger partial charge in [-0.3, -0.25) is 9.69 Å². The Balaban J connectivity index is 1.38. The van der Waals surface area contributed by atoms with Gasteiger partial charge in [0.1, 0.15) is 5.60 Å². The number of alkyl carbamates (subject to hydrolysis) is 1. The number of ether oxygens (including phenoxy) is 1. The summed E-state index contributed by atoms with van der Waals surface area (Å²) < 4.78 is 5.55. The van der Waals surface area contributed by atoms with Gasteiger partial charge in [0, 0.05) is 19.5 Å². The summed E-state index contributed by atoms with van der Waals surface area (Å²) in [7, 11) is 0. The average Bonchev–Trinajstić information content (AvgIpc) is 3.51. The molecule has 1 saturated heterocycles. The lowest BCUT2D eigenvalue weighted by Crippen LogP contribution is -2.57. The molecule has 1 aliphatic heterocycles. The molecule has 2 amide bonds. The minimum Gasteiger partial charge on any atom is -0.444 e. The van der Waals surface area contributed by atoms with Crippen molar-refractivity contribution >= 4 is 12.0 Å². The van der Waals surface area contributed by atoms with Gasteiger partial charge in [0.05, 0.1) is 29.8 Å². The second-order valence-electron chi connectivity index (χ2n) is 12.9. The van der Waals surface area contributed by atoms with Crippen LogP contribution in [0, 0.1) is 0 Å². The Morgan fingerprint density at radius 1 is 0.953 bits per heavy atom. The van der Waals surface area contributed by atoms with Gasteiger partial charge in [0.2, 0.25) is 5.91 Å². The average molecular weight is 586 g/mol. The summed E-state index contributed by atoms with van der Waals surface area (Å²) in [5, 5.41) is 29.0. The van der Waals surface area contributed by atoms with Crippen molar-refractivity contribution in [2.75, 3.05) is 13.1 Å². The highest BCUT2D eigenvalue weighted by Crippen LogP contribution is 2.33. The zero-order valence-electron chi connectivity index (χ0n) is 25.2. The summed E-state index contributed by atoms with van der Waals surface area (Å²) in [5.74, 6) is -0.200. The lowest BCUT2D eigenvalue weighted by molar-refractivity contribution is -0.128. The number of benzene rings is 3. The number of carbonyl (C=O) groups is 2. The number of hydrogen-bond acceptors (Lipinski definition) is 6. The van der Waals surface area contributed by atoms with Crippen LogP contribution in [0.25, 0.3) is 0 Å². The van der Waals surface area contributed by atoms with Crippen molar-refractivity contribution in [2.24, 2.45) is 0 Å². The molecule has 0 bridgehead atoms. The maximum Gasteiger partial charge on any atom is 0.407 e. The zero-order valence-corrected chi connectivity index (χ0v) is 25.2. The summed E-state index contributed by atoms with van der Waals surface area (Å²) >= 11 is 0. The van der Waals surface area contributed by atoms with Gasteiger partial charge in [-0.2, -0.15) is 0 Å². The fourth-order valence-corrected chi connectivity index (χ4v) is 6.29. The molecule has 228 valence electrons. The van der Waals surface area contributed by atoms with Crippen LogP contribution in [0.3, 0.4) is 0 Å². The summed E-state index contributed by atoms with van der Waals surface area (Å²) in [6.45, 7) is 6.06. The molecule has 1 heterocycles. The van der Waals surface area contributed by atoms with Crippen molar-refractivity contribution in [2.45, 2.75) is 81.9 Å². The van der Waals surface area contributed by atoms with Crippen molar-refractivity contribution in [3.05, 3.63) is 107 Å². The van der Waals surface area contributed by atoms with Crippen LogP contribution in [0.5, 0.6) is 0 Å². The van der Waals surface area contributed by atoms with Gasteiger partial charge in [-0.05, 0) is 62.3 Å². The van der Waals surface area contributed by atoms with Crippen LogP contribution in [0.2, 0.25) is 0 Å². The van der Waals surface area contributed by atoms with Crippen LogP contribution in [-0.4, -0.2) is 69.6 Å². The number of fused-ring (bicyclic) bond motifs is 1. The molecule has 0 radical (unpaired) electrons. The Morgan fingerprint density at radius 2 is 1.56 bits per heavy atom. The second kappa shape index (κ2) is 12.9. The van der Waals surface area contributed by atoms with E-state index >= 15 is 0 Å². The van der Waals surface area contributed by atoms with E-state index in [1.165, 1.54) is 0 Å². The molecule has 3 aromatic carbocycles. The fraction of sp³-hybridized carbons (Fsp3) is 0.429. The third-order valence-electron chi connectivity index (χ3n) is 8.45. The highest BCUT2D eigenvalue weighted by Gasteiger charge is 2.47. The predicted octanol–water partition coefficient (Wildman–Crippen LogP) is 3.95. The molecular formula is C35H43N3O5. The number of aliphatic hydroxyl groups excluding tert-OH is 1. The largest absolute Gasteiger partial charge is 0.444 e. The summed E-state index contributed by atoms with van der Waals surface area (Å²) in [4.78, 5) is 28.9. The van der Waals surface area contributed by atoms with Gasteiger partial charge >= 0.3 is 6.09 Å². The van der Waals surface area contributed by atoms with Crippen LogP contribution >= 0.6 is 0 Å². The summed E-state index contributed by atoms with van der Waals surface area (Å²) in [6, 6.07) is 25.6. The Labute approximate surface area is 254 Å². The molecule has 1 fully saturated rings. The molecule has 3 aromatic rings. The SMILES string of the molecule is CC(C)(C)OC(=O)NC(Cc1ccccc1)C1(O)CCN(C(Cc2ccccc2)C(=O)NC2c3ccccc3CC2O)C1. The molecule has 0 spiro atoms. The van der Waals surface area contributed by atoms with E-state index in [0.717, 1.165) is 22.3 Å². The molecule has 0 aromatic heterocycles. The minimum absolute atomic E-state index is 0.190. The number of aliphatic hydroxyl groups is 2. The van der Waals surface area contributed by atoms with Crippen LogP contribution in [0.4, 0.5) is 4.79 Å². The number of amides is 2. The van der Waals surface area contributed by atoms with E-state index in [4.69, 9.17) is 4.74 Å². The van der Waals surface area contributed by atoms with E-state index < -0.39 is 41.5 Å². The maximum absolute atomic E-state index is 14.0. The van der Waals surface area contributed by atoms with Gasteiger partial charge < -0.3 is 25.6 Å². The number of β-amino-alcohol motifs (C(OH)–C–C–N with tert-alkyl or cyclic N) is 1. The first kappa shape index (κ1) is 30.7. The lowest BCUT2D eigenvalue weighted by Gasteiger charge is -2.35. The maximum atomic E-state index is 14.0. The van der Waals surface area contributed by atoms with Crippen molar-refractivity contribution < 1.29 is 24.5 Å². The van der Waals surface area contributed by atoms with E-state index in [0.29, 0.717) is 32.2 Å². The summed E-state index contributed by atoms with van der Waals surface area (Å²) in [6.07, 6.45) is 0.413. The smallest absolute Gasteiger partial charge is 0.407 e. The van der Waals surface area contributed by atoms with Crippen molar-refractivity contribution in [3.8, 4) is 0 Å². The van der Waals surface area contributed by atoms with Gasteiger partial charge in [0.25, 0.3) is 0 Å². The topological polar surface area (TPSA) is 111 Å². The van der Waals surface area contributed by atoms with Crippen LogP contribution in [-0.2, 0) is 28.8 Å². The summed E-state index contributed by atoms with van der Waals surface area (Å²) in [5.41, 5.74) is 1.95. The molecule has 8 heteroatoms. The Hall–Kier alpha value is -3.72. The Bertz CT molecular complexity index is 1390. The molecule has 1 aliphatic carbocycles. The van der Waals surface area contributed by atoms with Gasteiger partial charge in [-0.25, -0.2) is 4.79 Å². The first-order valence-corrected chi connectivity index (χ1v) is 15.1. The quantitative estimate of drug-likeness (QED) is 0.303. The number of rotatable bonds is 9. The number of hydrogen-bond donors (Lipinski definition) is 4. The van der Waals surface area contributed by atoms with Crippen molar-refractivity contribution in [1.82, 2.24) is 15.5 Å². The molecule has 5 unspecified atom stereocenters.